The number of ether oxygens (including phenoxy) is 1. The highest BCUT2D eigenvalue weighted by Crippen LogP contribution is 2.33. The van der Waals surface area contributed by atoms with Gasteiger partial charge in [0.1, 0.15) is 5.82 Å². The number of aromatic nitrogens is 1. The van der Waals surface area contributed by atoms with E-state index in [4.69, 9.17) is 9.26 Å². The van der Waals surface area contributed by atoms with Crippen molar-refractivity contribution in [3.63, 3.8) is 0 Å². The van der Waals surface area contributed by atoms with Gasteiger partial charge in [0.15, 0.2) is 5.58 Å². The number of piperidine rings is 1. The third-order valence-electron chi connectivity index (χ3n) is 5.61. The van der Waals surface area contributed by atoms with Crippen molar-refractivity contribution in [3.8, 4) is 0 Å². The zero-order chi connectivity index (χ0) is 19.5. The lowest BCUT2D eigenvalue weighted by atomic mass is 9.91. The fourth-order valence-corrected chi connectivity index (χ4v) is 3.97. The first-order chi connectivity index (χ1) is 13.6. The molecule has 2 amide bonds. The maximum Gasteiger partial charge on any atom is 0.223 e. The van der Waals surface area contributed by atoms with Crippen LogP contribution in [0.15, 0.2) is 22.7 Å². The number of fused-ring (bicyclic) bond motifs is 1. The number of likely N-dealkylation sites (tertiary alicyclic amines) is 1. The van der Waals surface area contributed by atoms with E-state index in [1.165, 1.54) is 12.1 Å². The van der Waals surface area contributed by atoms with Crippen molar-refractivity contribution in [2.75, 3.05) is 39.4 Å². The van der Waals surface area contributed by atoms with E-state index in [1.54, 1.807) is 11.0 Å². The van der Waals surface area contributed by atoms with E-state index in [-0.39, 0.29) is 36.4 Å². The van der Waals surface area contributed by atoms with Crippen LogP contribution in [0.4, 0.5) is 4.39 Å². The number of hydrogen-bond acceptors (Lipinski definition) is 5. The molecule has 0 bridgehead atoms. The normalized spacial score (nSPS) is 18.6. The number of halogens is 1. The summed E-state index contributed by atoms with van der Waals surface area (Å²) in [4.78, 5) is 28.3. The second kappa shape index (κ2) is 8.26. The van der Waals surface area contributed by atoms with Gasteiger partial charge in [0.2, 0.25) is 11.8 Å². The molecule has 2 aliphatic rings. The second-order valence-electron chi connectivity index (χ2n) is 7.36. The van der Waals surface area contributed by atoms with Gasteiger partial charge in [-0.25, -0.2) is 4.39 Å². The lowest BCUT2D eigenvalue weighted by Crippen LogP contribution is -2.42. The third kappa shape index (κ3) is 4.01. The molecule has 0 saturated carbocycles. The van der Waals surface area contributed by atoms with Crippen molar-refractivity contribution in [1.29, 1.82) is 0 Å². The molecule has 7 nitrogen and oxygen atoms in total. The topological polar surface area (TPSA) is 75.9 Å². The van der Waals surface area contributed by atoms with Crippen molar-refractivity contribution in [2.24, 2.45) is 0 Å². The van der Waals surface area contributed by atoms with Gasteiger partial charge in [0, 0.05) is 50.3 Å². The van der Waals surface area contributed by atoms with Crippen molar-refractivity contribution in [1.82, 2.24) is 15.0 Å². The van der Waals surface area contributed by atoms with Crippen LogP contribution < -0.4 is 0 Å². The monoisotopic (exact) mass is 389 g/mol. The Morgan fingerprint density at radius 2 is 1.68 bits per heavy atom. The number of benzene rings is 1. The Kier molecular flexibility index (Phi) is 5.57. The van der Waals surface area contributed by atoms with E-state index in [2.05, 4.69) is 5.16 Å². The molecule has 28 heavy (non-hydrogen) atoms. The maximum atomic E-state index is 13.6. The molecule has 2 fully saturated rings. The summed E-state index contributed by atoms with van der Waals surface area (Å²) in [6, 6.07) is 4.40. The van der Waals surface area contributed by atoms with Crippen LogP contribution in [-0.2, 0) is 14.3 Å². The van der Waals surface area contributed by atoms with E-state index in [9.17, 15) is 14.0 Å². The number of hydrogen-bond donors (Lipinski definition) is 0. The Morgan fingerprint density at radius 3 is 2.36 bits per heavy atom. The molecule has 3 heterocycles. The van der Waals surface area contributed by atoms with Crippen LogP contribution in [0.5, 0.6) is 0 Å². The lowest BCUT2D eigenvalue weighted by molar-refractivity contribution is -0.139. The number of rotatable bonds is 4. The highest BCUT2D eigenvalue weighted by molar-refractivity contribution is 5.84. The van der Waals surface area contributed by atoms with E-state index < -0.39 is 0 Å². The standard InChI is InChI=1S/C20H24FN3O4/c21-15-1-2-17-16(13-15)20(22-28-17)14-5-7-23(8-6-14)18(25)3-4-19(26)24-9-11-27-12-10-24/h1-2,13-14H,3-12H2. The molecule has 4 rings (SSSR count). The van der Waals surface area contributed by atoms with Gasteiger partial charge >= 0.3 is 0 Å². The van der Waals surface area contributed by atoms with Gasteiger partial charge in [-0.1, -0.05) is 5.16 Å². The first-order valence-electron chi connectivity index (χ1n) is 9.80. The third-order valence-corrected chi connectivity index (χ3v) is 5.61. The summed E-state index contributed by atoms with van der Waals surface area (Å²) < 4.78 is 24.1. The molecule has 0 radical (unpaired) electrons. The quantitative estimate of drug-likeness (QED) is 0.802. The Morgan fingerprint density at radius 1 is 1.04 bits per heavy atom. The summed E-state index contributed by atoms with van der Waals surface area (Å²) in [5.41, 5.74) is 1.35. The van der Waals surface area contributed by atoms with E-state index in [0.717, 1.165) is 18.5 Å². The van der Waals surface area contributed by atoms with Crippen molar-refractivity contribution < 1.29 is 23.2 Å². The molecular formula is C20H24FN3O4. The van der Waals surface area contributed by atoms with Crippen LogP contribution in [0.2, 0.25) is 0 Å². The van der Waals surface area contributed by atoms with Crippen LogP contribution >= 0.6 is 0 Å². The number of carbonyl (C=O) groups excluding carboxylic acids is 2. The average molecular weight is 389 g/mol. The largest absolute Gasteiger partial charge is 0.378 e. The molecule has 2 saturated heterocycles. The summed E-state index contributed by atoms with van der Waals surface area (Å²) in [6.07, 6.45) is 1.98. The number of nitrogens with zero attached hydrogens (tertiary/aromatic N) is 3. The summed E-state index contributed by atoms with van der Waals surface area (Å²) in [5.74, 6) is -0.143. The van der Waals surface area contributed by atoms with Gasteiger partial charge in [0.05, 0.1) is 18.9 Å². The summed E-state index contributed by atoms with van der Waals surface area (Å²) in [6.45, 7) is 3.55. The van der Waals surface area contributed by atoms with E-state index in [0.29, 0.717) is 50.4 Å². The predicted molar refractivity (Wildman–Crippen MR) is 99.2 cm³/mol. The lowest BCUT2D eigenvalue weighted by Gasteiger charge is -2.31. The van der Waals surface area contributed by atoms with Crippen LogP contribution in [0.3, 0.4) is 0 Å². The van der Waals surface area contributed by atoms with Gasteiger partial charge in [-0.15, -0.1) is 0 Å². The molecular weight excluding hydrogens is 365 g/mol. The van der Waals surface area contributed by atoms with Crippen LogP contribution in [0, 0.1) is 5.82 Å². The predicted octanol–water partition coefficient (Wildman–Crippen LogP) is 2.31. The zero-order valence-corrected chi connectivity index (χ0v) is 15.7. The first kappa shape index (κ1) is 18.9. The average Bonchev–Trinajstić information content (AvgIpc) is 3.15. The molecule has 0 spiro atoms. The number of carbonyl (C=O) groups is 2. The Labute approximate surface area is 162 Å². The number of morpholine rings is 1. The SMILES string of the molecule is O=C(CCC(=O)N1CCC(c2noc3ccc(F)cc23)CC1)N1CCOCC1. The van der Waals surface area contributed by atoms with E-state index >= 15 is 0 Å². The van der Waals surface area contributed by atoms with Crippen LogP contribution in [0.25, 0.3) is 11.0 Å². The van der Waals surface area contributed by atoms with Crippen molar-refractivity contribution >= 4 is 22.8 Å². The molecule has 2 aromatic rings. The van der Waals surface area contributed by atoms with Crippen molar-refractivity contribution in [3.05, 3.63) is 29.7 Å². The molecule has 2 aliphatic heterocycles. The molecule has 150 valence electrons. The summed E-state index contributed by atoms with van der Waals surface area (Å²) in [5, 5.41) is 4.84. The highest BCUT2D eigenvalue weighted by atomic mass is 19.1. The maximum absolute atomic E-state index is 13.6. The minimum absolute atomic E-state index is 0.0103. The Balaban J connectivity index is 1.29. The van der Waals surface area contributed by atoms with Gasteiger partial charge in [-0.3, -0.25) is 9.59 Å². The number of amides is 2. The molecule has 0 atom stereocenters. The van der Waals surface area contributed by atoms with Gasteiger partial charge in [0.25, 0.3) is 0 Å². The van der Waals surface area contributed by atoms with Gasteiger partial charge < -0.3 is 19.1 Å². The van der Waals surface area contributed by atoms with Crippen molar-refractivity contribution in [2.45, 2.75) is 31.6 Å². The minimum Gasteiger partial charge on any atom is -0.378 e. The fourth-order valence-electron chi connectivity index (χ4n) is 3.97. The van der Waals surface area contributed by atoms with Crippen LogP contribution in [-0.4, -0.2) is 66.2 Å². The summed E-state index contributed by atoms with van der Waals surface area (Å²) >= 11 is 0. The summed E-state index contributed by atoms with van der Waals surface area (Å²) in [7, 11) is 0. The minimum atomic E-state index is -0.311. The zero-order valence-electron chi connectivity index (χ0n) is 15.7. The van der Waals surface area contributed by atoms with Gasteiger partial charge in [-0.05, 0) is 31.0 Å². The van der Waals surface area contributed by atoms with E-state index in [1.807, 2.05) is 4.90 Å². The highest BCUT2D eigenvalue weighted by Gasteiger charge is 2.28. The smallest absolute Gasteiger partial charge is 0.223 e. The van der Waals surface area contributed by atoms with Crippen LogP contribution in [0.1, 0.15) is 37.3 Å². The molecule has 1 aromatic carbocycles. The first-order valence-corrected chi connectivity index (χ1v) is 9.80. The second-order valence-corrected chi connectivity index (χ2v) is 7.36. The fraction of sp³-hybridized carbons (Fsp3) is 0.550. The molecule has 1 aromatic heterocycles. The molecule has 0 aliphatic carbocycles. The molecule has 0 unspecified atom stereocenters. The Hall–Kier alpha value is -2.48. The Bertz CT molecular complexity index is 854. The molecule has 8 heteroatoms. The molecule has 0 N–H and O–H groups in total. The van der Waals surface area contributed by atoms with Gasteiger partial charge in [-0.2, -0.15) is 0 Å².